The molecule has 0 atom stereocenters. The molecule has 0 unspecified atom stereocenters. The standard InChI is InChI=1S/C30H31Cl2N5O5S/c31-24-5-8-28(29(32)16-24)30(21-35-11-10-34-22-35)41-19-26(20-42-30)40-18-23-3-6-25(7-4-23)36-12-14-37(15-13-36)43(38,39)27-2-1-9-33-17-27/h1-11,16-17,22,26H,12-15,18-21H2/t26-,30+. The highest BCUT2D eigenvalue weighted by molar-refractivity contribution is 7.89. The van der Waals surface area contributed by atoms with Gasteiger partial charge < -0.3 is 23.7 Å². The predicted octanol–water partition coefficient (Wildman–Crippen LogP) is 4.58. The van der Waals surface area contributed by atoms with E-state index in [0.717, 1.165) is 11.3 Å². The summed E-state index contributed by atoms with van der Waals surface area (Å²) in [7, 11) is -3.54. The number of sulfonamides is 1. The molecule has 226 valence electrons. The maximum atomic E-state index is 12.9. The molecule has 2 saturated heterocycles. The third-order valence-corrected chi connectivity index (χ3v) is 10.0. The maximum Gasteiger partial charge on any atom is 0.244 e. The third-order valence-electron chi connectivity index (χ3n) is 7.59. The van der Waals surface area contributed by atoms with Crippen LogP contribution in [0.2, 0.25) is 10.0 Å². The number of piperazine rings is 1. The molecule has 0 saturated carbocycles. The Labute approximate surface area is 260 Å². The van der Waals surface area contributed by atoms with Crippen molar-refractivity contribution in [1.82, 2.24) is 18.8 Å². The predicted molar refractivity (Wildman–Crippen MR) is 162 cm³/mol. The monoisotopic (exact) mass is 643 g/mol. The molecule has 0 radical (unpaired) electrons. The molecule has 2 aromatic heterocycles. The van der Waals surface area contributed by atoms with Gasteiger partial charge in [0.2, 0.25) is 15.8 Å². The van der Waals surface area contributed by atoms with E-state index in [1.165, 1.54) is 10.5 Å². The molecule has 0 bridgehead atoms. The average Bonchev–Trinajstić information content (AvgIpc) is 3.54. The van der Waals surface area contributed by atoms with Crippen molar-refractivity contribution in [2.24, 2.45) is 0 Å². The van der Waals surface area contributed by atoms with Crippen molar-refractivity contribution in [2.75, 3.05) is 44.3 Å². The summed E-state index contributed by atoms with van der Waals surface area (Å²) in [6, 6.07) is 16.6. The van der Waals surface area contributed by atoms with Gasteiger partial charge in [-0.15, -0.1) is 0 Å². The molecule has 2 aliphatic rings. The van der Waals surface area contributed by atoms with Crippen molar-refractivity contribution in [3.63, 3.8) is 0 Å². The second-order valence-corrected chi connectivity index (χ2v) is 13.2. The van der Waals surface area contributed by atoms with Gasteiger partial charge in [0.1, 0.15) is 11.0 Å². The summed E-state index contributed by atoms with van der Waals surface area (Å²) in [5, 5.41) is 0.995. The number of pyridine rings is 1. The van der Waals surface area contributed by atoms with Gasteiger partial charge in [0.05, 0.1) is 37.7 Å². The van der Waals surface area contributed by atoms with Crippen LogP contribution in [0.25, 0.3) is 0 Å². The summed E-state index contributed by atoms with van der Waals surface area (Å²) in [5.74, 6) is -1.11. The number of halogens is 2. The van der Waals surface area contributed by atoms with Crippen LogP contribution in [0.3, 0.4) is 0 Å². The molecule has 4 heterocycles. The van der Waals surface area contributed by atoms with Crippen molar-refractivity contribution < 1.29 is 22.6 Å². The summed E-state index contributed by atoms with van der Waals surface area (Å²) >= 11 is 12.7. The largest absolute Gasteiger partial charge is 0.369 e. The van der Waals surface area contributed by atoms with Gasteiger partial charge in [-0.05, 0) is 42.0 Å². The molecule has 0 aliphatic carbocycles. The number of benzene rings is 2. The first-order valence-electron chi connectivity index (χ1n) is 13.9. The van der Waals surface area contributed by atoms with Gasteiger partial charge in [-0.2, -0.15) is 4.31 Å². The lowest BCUT2D eigenvalue weighted by Crippen LogP contribution is -2.48. The van der Waals surface area contributed by atoms with Gasteiger partial charge in [-0.3, -0.25) is 4.98 Å². The zero-order valence-corrected chi connectivity index (χ0v) is 25.6. The number of aromatic nitrogens is 3. The Morgan fingerprint density at radius 3 is 2.37 bits per heavy atom. The van der Waals surface area contributed by atoms with Crippen LogP contribution in [0.1, 0.15) is 11.1 Å². The fraction of sp³-hybridized carbons (Fsp3) is 0.333. The van der Waals surface area contributed by atoms with Crippen LogP contribution in [-0.2, 0) is 43.2 Å². The highest BCUT2D eigenvalue weighted by Crippen LogP contribution is 2.38. The normalized spacial score (nSPS) is 21.6. The fourth-order valence-electron chi connectivity index (χ4n) is 5.24. The Bertz CT molecular complexity index is 1610. The minimum Gasteiger partial charge on any atom is -0.369 e. The van der Waals surface area contributed by atoms with Gasteiger partial charge >= 0.3 is 0 Å². The molecular weight excluding hydrogens is 613 g/mol. The van der Waals surface area contributed by atoms with Crippen LogP contribution in [0.15, 0.2) is 90.6 Å². The highest BCUT2D eigenvalue weighted by Gasteiger charge is 2.42. The second kappa shape index (κ2) is 12.9. The van der Waals surface area contributed by atoms with Crippen LogP contribution in [0, 0.1) is 0 Å². The summed E-state index contributed by atoms with van der Waals surface area (Å²) in [6.45, 7) is 3.42. The van der Waals surface area contributed by atoms with Crippen LogP contribution in [0.5, 0.6) is 0 Å². The van der Waals surface area contributed by atoms with Gasteiger partial charge in [-0.25, -0.2) is 13.4 Å². The summed E-state index contributed by atoms with van der Waals surface area (Å²) in [6.07, 6.45) is 7.93. The lowest BCUT2D eigenvalue weighted by Gasteiger charge is -2.41. The lowest BCUT2D eigenvalue weighted by atomic mass is 10.0. The Morgan fingerprint density at radius 1 is 0.953 bits per heavy atom. The lowest BCUT2D eigenvalue weighted by molar-refractivity contribution is -0.313. The number of ether oxygens (including phenoxy) is 3. The zero-order chi connectivity index (χ0) is 29.9. The number of nitrogens with zero attached hydrogens (tertiary/aromatic N) is 5. The van der Waals surface area contributed by atoms with Crippen LogP contribution < -0.4 is 4.90 Å². The topological polar surface area (TPSA) is 99.0 Å². The molecule has 0 N–H and O–H groups in total. The van der Waals surface area contributed by atoms with Crippen molar-refractivity contribution >= 4 is 38.9 Å². The third kappa shape index (κ3) is 6.73. The molecule has 2 aromatic carbocycles. The Kier molecular flexibility index (Phi) is 9.01. The first-order chi connectivity index (χ1) is 20.8. The summed E-state index contributed by atoms with van der Waals surface area (Å²) < 4.78 is 48.0. The van der Waals surface area contributed by atoms with Crippen LogP contribution >= 0.6 is 23.2 Å². The summed E-state index contributed by atoms with van der Waals surface area (Å²) in [5.41, 5.74) is 2.74. The fourth-order valence-corrected chi connectivity index (χ4v) is 7.18. The minimum atomic E-state index is -3.54. The number of hydrogen-bond donors (Lipinski definition) is 0. The van der Waals surface area contributed by atoms with Gasteiger partial charge in [0.15, 0.2) is 0 Å². The van der Waals surface area contributed by atoms with Crippen molar-refractivity contribution in [3.05, 3.63) is 107 Å². The first kappa shape index (κ1) is 30.0. The molecule has 2 fully saturated rings. The molecule has 10 nitrogen and oxygen atoms in total. The number of imidazole rings is 1. The SMILES string of the molecule is O=S(=O)(c1cccnc1)N1CCN(c2ccc(CO[C@H]3CO[C@@](Cn4ccnc4)(c4ccc(Cl)cc4Cl)OC3)cc2)CC1. The number of rotatable bonds is 9. The molecular formula is C30H31Cl2N5O5S. The first-order valence-corrected chi connectivity index (χ1v) is 16.1. The molecule has 0 spiro atoms. The molecule has 13 heteroatoms. The highest BCUT2D eigenvalue weighted by atomic mass is 35.5. The minimum absolute atomic E-state index is 0.222. The quantitative estimate of drug-likeness (QED) is 0.261. The van der Waals surface area contributed by atoms with E-state index in [2.05, 4.69) is 14.9 Å². The van der Waals surface area contributed by atoms with Crippen LogP contribution in [0.4, 0.5) is 5.69 Å². The van der Waals surface area contributed by atoms with Crippen molar-refractivity contribution in [3.8, 4) is 0 Å². The van der Waals surface area contributed by atoms with E-state index in [1.807, 2.05) is 41.1 Å². The second-order valence-electron chi connectivity index (χ2n) is 10.4. The Morgan fingerprint density at radius 2 is 1.72 bits per heavy atom. The molecule has 43 heavy (non-hydrogen) atoms. The van der Waals surface area contributed by atoms with Gasteiger partial charge in [-0.1, -0.05) is 41.4 Å². The van der Waals surface area contributed by atoms with E-state index in [9.17, 15) is 8.42 Å². The van der Waals surface area contributed by atoms with Crippen LogP contribution in [-0.4, -0.2) is 72.8 Å². The van der Waals surface area contributed by atoms with Gasteiger partial charge in [0.25, 0.3) is 0 Å². The van der Waals surface area contributed by atoms with E-state index < -0.39 is 15.8 Å². The smallest absolute Gasteiger partial charge is 0.244 e. The van der Waals surface area contributed by atoms with Crippen molar-refractivity contribution in [2.45, 2.75) is 29.9 Å². The van der Waals surface area contributed by atoms with Gasteiger partial charge in [0, 0.05) is 67.2 Å². The van der Waals surface area contributed by atoms with E-state index >= 15 is 0 Å². The molecule has 0 amide bonds. The zero-order valence-electron chi connectivity index (χ0n) is 23.3. The number of anilines is 1. The summed E-state index contributed by atoms with van der Waals surface area (Å²) in [4.78, 5) is 10.5. The van der Waals surface area contributed by atoms with Crippen molar-refractivity contribution in [1.29, 1.82) is 0 Å². The van der Waals surface area contributed by atoms with E-state index in [1.54, 1.807) is 43.0 Å². The molecule has 2 aliphatic heterocycles. The van der Waals surface area contributed by atoms with E-state index in [4.69, 9.17) is 37.4 Å². The number of hydrogen-bond acceptors (Lipinski definition) is 8. The molecule has 6 rings (SSSR count). The Balaban J connectivity index is 1.02. The Hall–Kier alpha value is -3.03. The molecule has 4 aromatic rings. The van der Waals surface area contributed by atoms with E-state index in [-0.39, 0.29) is 11.0 Å². The van der Waals surface area contributed by atoms with E-state index in [0.29, 0.717) is 68.2 Å². The maximum absolute atomic E-state index is 12.9. The average molecular weight is 645 g/mol.